The Labute approximate surface area is 108 Å². The van der Waals surface area contributed by atoms with Crippen molar-refractivity contribution in [3.63, 3.8) is 0 Å². The maximum atomic E-state index is 13.9. The SMILES string of the molecule is COC(=O)[C@@H]1C(=O)NC[C@H]1c1ncc(OC)cc1F. The third-order valence-electron chi connectivity index (χ3n) is 3.07. The summed E-state index contributed by atoms with van der Waals surface area (Å²) in [6.07, 6.45) is 1.34. The molecule has 1 aliphatic heterocycles. The summed E-state index contributed by atoms with van der Waals surface area (Å²) < 4.78 is 23.3. The van der Waals surface area contributed by atoms with Crippen LogP contribution in [0, 0.1) is 11.7 Å². The lowest BCUT2D eigenvalue weighted by Crippen LogP contribution is -2.28. The molecule has 1 aromatic rings. The van der Waals surface area contributed by atoms with Crippen LogP contribution in [-0.4, -0.2) is 37.6 Å². The first kappa shape index (κ1) is 13.3. The molecule has 1 amide bonds. The number of amides is 1. The molecule has 19 heavy (non-hydrogen) atoms. The second-order valence-corrected chi connectivity index (χ2v) is 4.09. The lowest BCUT2D eigenvalue weighted by Gasteiger charge is -2.15. The van der Waals surface area contributed by atoms with Gasteiger partial charge in [-0.1, -0.05) is 0 Å². The predicted molar refractivity (Wildman–Crippen MR) is 62.0 cm³/mol. The molecule has 1 N–H and O–H groups in total. The molecule has 0 aliphatic carbocycles. The molecule has 0 radical (unpaired) electrons. The van der Waals surface area contributed by atoms with Crippen molar-refractivity contribution in [3.8, 4) is 5.75 Å². The van der Waals surface area contributed by atoms with Gasteiger partial charge in [0.05, 0.1) is 26.1 Å². The molecule has 2 heterocycles. The van der Waals surface area contributed by atoms with E-state index in [-0.39, 0.29) is 18.0 Å². The van der Waals surface area contributed by atoms with Crippen LogP contribution < -0.4 is 10.1 Å². The highest BCUT2D eigenvalue weighted by Gasteiger charge is 2.43. The van der Waals surface area contributed by atoms with Gasteiger partial charge >= 0.3 is 5.97 Å². The molecule has 0 spiro atoms. The molecule has 0 unspecified atom stereocenters. The Morgan fingerprint density at radius 2 is 2.26 bits per heavy atom. The molecule has 1 fully saturated rings. The van der Waals surface area contributed by atoms with Crippen molar-refractivity contribution in [2.45, 2.75) is 5.92 Å². The number of esters is 1. The second kappa shape index (κ2) is 5.21. The van der Waals surface area contributed by atoms with Crippen molar-refractivity contribution >= 4 is 11.9 Å². The molecule has 1 saturated heterocycles. The van der Waals surface area contributed by atoms with E-state index < -0.39 is 29.5 Å². The topological polar surface area (TPSA) is 77.5 Å². The Hall–Kier alpha value is -2.18. The van der Waals surface area contributed by atoms with Crippen LogP contribution in [-0.2, 0) is 14.3 Å². The summed E-state index contributed by atoms with van der Waals surface area (Å²) in [6.45, 7) is 0.148. The van der Waals surface area contributed by atoms with Gasteiger partial charge in [-0.25, -0.2) is 4.39 Å². The van der Waals surface area contributed by atoms with Crippen LogP contribution in [0.25, 0.3) is 0 Å². The number of hydrogen-bond donors (Lipinski definition) is 1. The molecular formula is C12H13FN2O4. The number of aromatic nitrogens is 1. The normalized spacial score (nSPS) is 21.9. The summed E-state index contributed by atoms with van der Waals surface area (Å²) in [5, 5.41) is 2.51. The molecule has 6 nitrogen and oxygen atoms in total. The van der Waals surface area contributed by atoms with Crippen LogP contribution in [0.1, 0.15) is 11.6 Å². The third-order valence-corrected chi connectivity index (χ3v) is 3.07. The molecule has 0 saturated carbocycles. The molecule has 1 aliphatic rings. The molecule has 0 bridgehead atoms. The van der Waals surface area contributed by atoms with Crippen molar-refractivity contribution in [2.24, 2.45) is 5.92 Å². The van der Waals surface area contributed by atoms with Crippen molar-refractivity contribution < 1.29 is 23.5 Å². The highest BCUT2D eigenvalue weighted by Crippen LogP contribution is 2.31. The van der Waals surface area contributed by atoms with Gasteiger partial charge in [0.2, 0.25) is 5.91 Å². The molecule has 2 atom stereocenters. The van der Waals surface area contributed by atoms with E-state index in [1.807, 2.05) is 0 Å². The van der Waals surface area contributed by atoms with E-state index in [0.29, 0.717) is 0 Å². The standard InChI is InChI=1S/C12H13FN2O4/c1-18-6-3-8(13)10(14-4-6)7-5-15-11(16)9(7)12(17)19-2/h3-4,7,9H,5H2,1-2H3,(H,15,16)/t7-,9+/m1/s1. The number of carbonyl (C=O) groups is 2. The number of nitrogens with one attached hydrogen (secondary N) is 1. The van der Waals surface area contributed by atoms with E-state index >= 15 is 0 Å². The van der Waals surface area contributed by atoms with E-state index in [2.05, 4.69) is 15.0 Å². The molecular weight excluding hydrogens is 255 g/mol. The average Bonchev–Trinajstić information content (AvgIpc) is 2.79. The first-order chi connectivity index (χ1) is 9.08. The first-order valence-corrected chi connectivity index (χ1v) is 5.63. The van der Waals surface area contributed by atoms with Crippen molar-refractivity contribution in [3.05, 3.63) is 23.8 Å². The van der Waals surface area contributed by atoms with Crippen molar-refractivity contribution in [1.29, 1.82) is 0 Å². The molecule has 1 aromatic heterocycles. The molecule has 102 valence electrons. The van der Waals surface area contributed by atoms with E-state index in [9.17, 15) is 14.0 Å². The van der Waals surface area contributed by atoms with Crippen LogP contribution in [0.4, 0.5) is 4.39 Å². The summed E-state index contributed by atoms with van der Waals surface area (Å²) in [4.78, 5) is 27.1. The fourth-order valence-electron chi connectivity index (χ4n) is 2.09. The predicted octanol–water partition coefficient (Wildman–Crippen LogP) is 0.232. The Bertz CT molecular complexity index is 520. The minimum atomic E-state index is -1.07. The third kappa shape index (κ3) is 2.35. The van der Waals surface area contributed by atoms with Crippen LogP contribution in [0.15, 0.2) is 12.3 Å². The van der Waals surface area contributed by atoms with Gasteiger partial charge in [0.25, 0.3) is 0 Å². The number of hydrogen-bond acceptors (Lipinski definition) is 5. The number of halogens is 1. The summed E-state index contributed by atoms with van der Waals surface area (Å²) in [5.74, 6) is -3.26. The zero-order chi connectivity index (χ0) is 14.0. The van der Waals surface area contributed by atoms with Gasteiger partial charge in [0.1, 0.15) is 17.5 Å². The van der Waals surface area contributed by atoms with E-state index in [1.165, 1.54) is 26.5 Å². The Kier molecular flexibility index (Phi) is 3.64. The minimum Gasteiger partial charge on any atom is -0.495 e. The maximum Gasteiger partial charge on any atom is 0.318 e. The van der Waals surface area contributed by atoms with Gasteiger partial charge in [-0.2, -0.15) is 0 Å². The second-order valence-electron chi connectivity index (χ2n) is 4.09. The van der Waals surface area contributed by atoms with Gasteiger partial charge < -0.3 is 14.8 Å². The van der Waals surface area contributed by atoms with E-state index in [4.69, 9.17) is 4.74 Å². The van der Waals surface area contributed by atoms with E-state index in [1.54, 1.807) is 0 Å². The molecule has 0 aromatic carbocycles. The lowest BCUT2D eigenvalue weighted by molar-refractivity contribution is -0.149. The summed E-state index contributed by atoms with van der Waals surface area (Å²) >= 11 is 0. The van der Waals surface area contributed by atoms with Gasteiger partial charge in [-0.15, -0.1) is 0 Å². The van der Waals surface area contributed by atoms with Crippen molar-refractivity contribution in [2.75, 3.05) is 20.8 Å². The van der Waals surface area contributed by atoms with Gasteiger partial charge in [0.15, 0.2) is 0 Å². The number of nitrogens with zero attached hydrogens (tertiary/aromatic N) is 1. The Balaban J connectivity index is 2.35. The van der Waals surface area contributed by atoms with Crippen LogP contribution in [0.3, 0.4) is 0 Å². The fourth-order valence-corrected chi connectivity index (χ4v) is 2.09. The monoisotopic (exact) mass is 268 g/mol. The lowest BCUT2D eigenvalue weighted by atomic mass is 9.91. The molecule has 7 heteroatoms. The number of ether oxygens (including phenoxy) is 2. The van der Waals surface area contributed by atoms with Crippen molar-refractivity contribution in [1.82, 2.24) is 10.3 Å². The maximum absolute atomic E-state index is 13.9. The first-order valence-electron chi connectivity index (χ1n) is 5.63. The van der Waals surface area contributed by atoms with Crippen LogP contribution >= 0.6 is 0 Å². The average molecular weight is 268 g/mol. The number of pyridine rings is 1. The highest BCUT2D eigenvalue weighted by molar-refractivity contribution is 6.00. The summed E-state index contributed by atoms with van der Waals surface area (Å²) in [6, 6.07) is 1.17. The quantitative estimate of drug-likeness (QED) is 0.627. The Morgan fingerprint density at radius 3 is 2.84 bits per heavy atom. The zero-order valence-corrected chi connectivity index (χ0v) is 10.5. The van der Waals surface area contributed by atoms with Gasteiger partial charge in [-0.05, 0) is 0 Å². The fraction of sp³-hybridized carbons (Fsp3) is 0.417. The van der Waals surface area contributed by atoms with Crippen LogP contribution in [0.5, 0.6) is 5.75 Å². The van der Waals surface area contributed by atoms with Gasteiger partial charge in [-0.3, -0.25) is 14.6 Å². The zero-order valence-electron chi connectivity index (χ0n) is 10.5. The highest BCUT2D eigenvalue weighted by atomic mass is 19.1. The summed E-state index contributed by atoms with van der Waals surface area (Å²) in [5.41, 5.74) is 0.0505. The number of carbonyl (C=O) groups excluding carboxylic acids is 2. The Morgan fingerprint density at radius 1 is 1.53 bits per heavy atom. The largest absolute Gasteiger partial charge is 0.495 e. The van der Waals surface area contributed by atoms with Gasteiger partial charge in [0, 0.05) is 18.5 Å². The number of rotatable bonds is 3. The van der Waals surface area contributed by atoms with E-state index in [0.717, 1.165) is 0 Å². The smallest absolute Gasteiger partial charge is 0.318 e. The minimum absolute atomic E-state index is 0.0505. The van der Waals surface area contributed by atoms with Crippen LogP contribution in [0.2, 0.25) is 0 Å². The number of methoxy groups -OCH3 is 2. The molecule has 2 rings (SSSR count). The summed E-state index contributed by atoms with van der Waals surface area (Å²) in [7, 11) is 2.58.